The normalized spacial score (nSPS) is 23.9. The molecule has 84 valence electrons. The van der Waals surface area contributed by atoms with Gasteiger partial charge >= 0.3 is 0 Å². The van der Waals surface area contributed by atoms with Gasteiger partial charge in [-0.2, -0.15) is 0 Å². The van der Waals surface area contributed by atoms with E-state index in [0.717, 1.165) is 17.5 Å². The van der Waals surface area contributed by atoms with Crippen molar-refractivity contribution >= 4 is 22.8 Å². The highest BCUT2D eigenvalue weighted by Crippen LogP contribution is 2.43. The van der Waals surface area contributed by atoms with Crippen LogP contribution >= 0.6 is 11.8 Å². The number of nitrogens with zero attached hydrogens (tertiary/aromatic N) is 1. The number of amidine groups is 1. The Balaban J connectivity index is 1.85. The van der Waals surface area contributed by atoms with E-state index in [1.165, 1.54) is 25.7 Å². The van der Waals surface area contributed by atoms with Crippen molar-refractivity contribution < 1.29 is 4.79 Å². The molecule has 0 bridgehead atoms. The fourth-order valence-corrected chi connectivity index (χ4v) is 3.40. The van der Waals surface area contributed by atoms with Crippen molar-refractivity contribution in [3.05, 3.63) is 0 Å². The minimum atomic E-state index is -0.334. The minimum Gasteiger partial charge on any atom is -0.368 e. The average Bonchev–Trinajstić information content (AvgIpc) is 2.66. The molecule has 5 heteroatoms. The molecule has 0 aromatic carbocycles. The van der Waals surface area contributed by atoms with Crippen molar-refractivity contribution in [1.29, 1.82) is 0 Å². The van der Waals surface area contributed by atoms with Crippen LogP contribution in [0, 0.1) is 5.41 Å². The van der Waals surface area contributed by atoms with E-state index in [1.807, 2.05) is 0 Å². The van der Waals surface area contributed by atoms with E-state index in [4.69, 9.17) is 5.73 Å². The molecule has 4 nitrogen and oxygen atoms in total. The number of primary amides is 1. The lowest BCUT2D eigenvalue weighted by Crippen LogP contribution is -2.37. The zero-order chi connectivity index (χ0) is 10.7. The molecule has 0 unspecified atom stereocenters. The summed E-state index contributed by atoms with van der Waals surface area (Å²) in [4.78, 5) is 15.1. The van der Waals surface area contributed by atoms with Gasteiger partial charge in [0.1, 0.15) is 0 Å². The van der Waals surface area contributed by atoms with Crippen LogP contribution in [-0.2, 0) is 4.79 Å². The summed E-state index contributed by atoms with van der Waals surface area (Å²) in [6, 6.07) is 0. The monoisotopic (exact) mass is 227 g/mol. The molecular weight excluding hydrogens is 210 g/mol. The molecule has 0 aromatic rings. The van der Waals surface area contributed by atoms with Gasteiger partial charge in [-0.15, -0.1) is 0 Å². The Morgan fingerprint density at radius 2 is 2.27 bits per heavy atom. The van der Waals surface area contributed by atoms with Gasteiger partial charge in [0.25, 0.3) is 0 Å². The Morgan fingerprint density at radius 1 is 1.53 bits per heavy atom. The molecule has 1 saturated carbocycles. The Kier molecular flexibility index (Phi) is 3.19. The van der Waals surface area contributed by atoms with Crippen LogP contribution in [0.2, 0.25) is 0 Å². The molecule has 1 fully saturated rings. The van der Waals surface area contributed by atoms with Crippen molar-refractivity contribution in [3.8, 4) is 0 Å². The zero-order valence-corrected chi connectivity index (χ0v) is 9.61. The van der Waals surface area contributed by atoms with Gasteiger partial charge < -0.3 is 11.1 Å². The van der Waals surface area contributed by atoms with Crippen molar-refractivity contribution in [1.82, 2.24) is 5.32 Å². The molecule has 1 spiro atoms. The number of aliphatic imine (C=N–C) groups is 1. The molecule has 1 aliphatic carbocycles. The Labute approximate surface area is 94.1 Å². The third kappa shape index (κ3) is 2.65. The number of carbonyl (C=O) groups excluding carboxylic acids is 1. The second kappa shape index (κ2) is 4.43. The highest BCUT2D eigenvalue weighted by atomic mass is 32.2. The predicted octanol–water partition coefficient (Wildman–Crippen LogP) is 0.724. The number of rotatable bonds is 2. The molecule has 15 heavy (non-hydrogen) atoms. The minimum absolute atomic E-state index is 0.193. The topological polar surface area (TPSA) is 67.5 Å². The van der Waals surface area contributed by atoms with E-state index < -0.39 is 0 Å². The van der Waals surface area contributed by atoms with Crippen molar-refractivity contribution in [2.75, 3.05) is 18.8 Å². The first-order valence-corrected chi connectivity index (χ1v) is 6.38. The summed E-state index contributed by atoms with van der Waals surface area (Å²) in [7, 11) is 0. The molecular formula is C10H17N3OS. The van der Waals surface area contributed by atoms with E-state index >= 15 is 0 Å². The first-order valence-electron chi connectivity index (χ1n) is 5.40. The number of nitrogens with two attached hydrogens (primary N) is 1. The van der Waals surface area contributed by atoms with Crippen LogP contribution in [-0.4, -0.2) is 29.9 Å². The molecule has 1 amide bonds. The molecule has 0 radical (unpaired) electrons. The van der Waals surface area contributed by atoms with Gasteiger partial charge in [-0.05, 0) is 18.3 Å². The first kappa shape index (κ1) is 10.8. The number of amides is 1. The van der Waals surface area contributed by atoms with Crippen LogP contribution in [0.3, 0.4) is 0 Å². The zero-order valence-electron chi connectivity index (χ0n) is 8.79. The van der Waals surface area contributed by atoms with Gasteiger partial charge in [-0.1, -0.05) is 24.6 Å². The predicted molar refractivity (Wildman–Crippen MR) is 62.9 cm³/mol. The van der Waals surface area contributed by atoms with Crippen LogP contribution in [0.15, 0.2) is 4.99 Å². The number of hydrogen-bond acceptors (Lipinski definition) is 4. The molecule has 0 saturated heterocycles. The third-order valence-electron chi connectivity index (χ3n) is 3.15. The lowest BCUT2D eigenvalue weighted by Gasteiger charge is -2.30. The maximum Gasteiger partial charge on any atom is 0.236 e. The molecule has 0 atom stereocenters. The number of carbonyl (C=O) groups is 1. The third-order valence-corrected chi connectivity index (χ3v) is 4.45. The fourth-order valence-electron chi connectivity index (χ4n) is 2.25. The van der Waals surface area contributed by atoms with Gasteiger partial charge in [0.2, 0.25) is 5.91 Å². The SMILES string of the molecule is NC(=O)CNC1=NCC2(CCCC2)CS1. The van der Waals surface area contributed by atoms with Crippen LogP contribution in [0.25, 0.3) is 0 Å². The van der Waals surface area contributed by atoms with E-state index in [2.05, 4.69) is 10.3 Å². The summed E-state index contributed by atoms with van der Waals surface area (Å²) in [6.45, 7) is 1.11. The largest absolute Gasteiger partial charge is 0.368 e. The maximum absolute atomic E-state index is 10.6. The summed E-state index contributed by atoms with van der Waals surface area (Å²) < 4.78 is 0. The summed E-state index contributed by atoms with van der Waals surface area (Å²) in [5.41, 5.74) is 5.52. The van der Waals surface area contributed by atoms with E-state index in [0.29, 0.717) is 5.41 Å². The van der Waals surface area contributed by atoms with Gasteiger partial charge in [0, 0.05) is 12.3 Å². The fraction of sp³-hybridized carbons (Fsp3) is 0.800. The summed E-state index contributed by atoms with van der Waals surface area (Å²) in [6.07, 6.45) is 5.32. The van der Waals surface area contributed by atoms with E-state index in [9.17, 15) is 4.79 Å². The standard InChI is InChI=1S/C10H17N3OS/c11-8(14)5-12-9-13-6-10(7-15-9)3-1-2-4-10/h1-7H2,(H2,11,14)(H,12,13). The van der Waals surface area contributed by atoms with Gasteiger partial charge in [-0.25, -0.2) is 0 Å². The van der Waals surface area contributed by atoms with E-state index in [1.54, 1.807) is 11.8 Å². The Bertz CT molecular complexity index is 284. The van der Waals surface area contributed by atoms with Crippen molar-refractivity contribution in [3.63, 3.8) is 0 Å². The summed E-state index contributed by atoms with van der Waals surface area (Å²) >= 11 is 1.73. The maximum atomic E-state index is 10.6. The highest BCUT2D eigenvalue weighted by molar-refractivity contribution is 8.13. The number of thioether (sulfide) groups is 1. The van der Waals surface area contributed by atoms with Crippen molar-refractivity contribution in [2.45, 2.75) is 25.7 Å². The Hall–Kier alpha value is -0.710. The lowest BCUT2D eigenvalue weighted by molar-refractivity contribution is -0.116. The molecule has 1 heterocycles. The summed E-state index contributed by atoms with van der Waals surface area (Å²) in [5.74, 6) is 0.803. The van der Waals surface area contributed by atoms with Crippen LogP contribution in [0.4, 0.5) is 0 Å². The number of nitrogens with one attached hydrogen (secondary N) is 1. The quantitative estimate of drug-likeness (QED) is 0.730. The molecule has 0 aromatic heterocycles. The van der Waals surface area contributed by atoms with Crippen LogP contribution < -0.4 is 11.1 Å². The van der Waals surface area contributed by atoms with Gasteiger partial charge in [0.15, 0.2) is 5.17 Å². The molecule has 2 rings (SSSR count). The molecule has 3 N–H and O–H groups in total. The van der Waals surface area contributed by atoms with Crippen molar-refractivity contribution in [2.24, 2.45) is 16.1 Å². The smallest absolute Gasteiger partial charge is 0.236 e. The molecule has 2 aliphatic rings. The second-order valence-corrected chi connectivity index (χ2v) is 5.40. The lowest BCUT2D eigenvalue weighted by atomic mass is 9.89. The second-order valence-electron chi connectivity index (χ2n) is 4.44. The molecule has 1 aliphatic heterocycles. The average molecular weight is 227 g/mol. The first-order chi connectivity index (χ1) is 7.20. The highest BCUT2D eigenvalue weighted by Gasteiger charge is 2.36. The van der Waals surface area contributed by atoms with E-state index in [-0.39, 0.29) is 12.5 Å². The Morgan fingerprint density at radius 3 is 2.80 bits per heavy atom. The number of hydrogen-bond donors (Lipinski definition) is 2. The summed E-state index contributed by atoms with van der Waals surface area (Å²) in [5, 5.41) is 3.85. The van der Waals surface area contributed by atoms with Gasteiger partial charge in [0.05, 0.1) is 6.54 Å². The van der Waals surface area contributed by atoms with Crippen LogP contribution in [0.5, 0.6) is 0 Å². The van der Waals surface area contributed by atoms with Crippen LogP contribution in [0.1, 0.15) is 25.7 Å². The van der Waals surface area contributed by atoms with Gasteiger partial charge in [-0.3, -0.25) is 9.79 Å².